The third-order valence-electron chi connectivity index (χ3n) is 5.40. The first-order valence-electron chi connectivity index (χ1n) is 9.84. The quantitative estimate of drug-likeness (QED) is 0.244. The van der Waals surface area contributed by atoms with E-state index in [2.05, 4.69) is 0 Å². The Balaban J connectivity index is 1.76. The Morgan fingerprint density at radius 3 is 2.38 bits per heavy atom. The number of phenolic OH excluding ortho intramolecular Hbond substituents is 6. The number of carbonyl (C=O) groups excluding carboxylic acids is 1. The van der Waals surface area contributed by atoms with Gasteiger partial charge >= 0.3 is 5.97 Å². The summed E-state index contributed by atoms with van der Waals surface area (Å²) in [5.74, 6) is -7.28. The van der Waals surface area contributed by atoms with Crippen molar-refractivity contribution in [2.24, 2.45) is 0 Å². The van der Waals surface area contributed by atoms with Crippen LogP contribution in [0.2, 0.25) is 0 Å². The van der Waals surface area contributed by atoms with Crippen LogP contribution < -0.4 is 9.47 Å². The predicted molar refractivity (Wildman–Crippen MR) is 112 cm³/mol. The molecule has 1 unspecified atom stereocenters. The van der Waals surface area contributed by atoms with E-state index in [1.807, 2.05) is 0 Å². The molecular formula is C23H19FO10. The van der Waals surface area contributed by atoms with Gasteiger partial charge in [0.25, 0.3) is 0 Å². The smallest absolute Gasteiger partial charge is 0.341 e. The molecule has 3 aromatic rings. The van der Waals surface area contributed by atoms with Crippen LogP contribution >= 0.6 is 0 Å². The number of fused-ring (bicyclic) bond motifs is 1. The van der Waals surface area contributed by atoms with Crippen LogP contribution in [-0.2, 0) is 11.2 Å². The Kier molecular flexibility index (Phi) is 5.61. The molecule has 1 aliphatic heterocycles. The van der Waals surface area contributed by atoms with Crippen molar-refractivity contribution in [2.45, 2.75) is 18.6 Å². The Morgan fingerprint density at radius 2 is 1.68 bits per heavy atom. The van der Waals surface area contributed by atoms with Crippen molar-refractivity contribution in [1.29, 1.82) is 0 Å². The number of esters is 1. The zero-order chi connectivity index (χ0) is 24.7. The second kappa shape index (κ2) is 8.43. The maximum absolute atomic E-state index is 14.4. The first-order chi connectivity index (χ1) is 16.1. The molecule has 0 radical (unpaired) electrons. The van der Waals surface area contributed by atoms with Gasteiger partial charge in [0.1, 0.15) is 23.2 Å². The Hall–Kier alpha value is -4.54. The van der Waals surface area contributed by atoms with E-state index in [0.29, 0.717) is 11.6 Å². The number of methoxy groups -OCH3 is 1. The fourth-order valence-corrected chi connectivity index (χ4v) is 3.68. The molecule has 0 spiro atoms. The lowest BCUT2D eigenvalue weighted by atomic mass is 9.93. The van der Waals surface area contributed by atoms with Crippen molar-refractivity contribution in [1.82, 2.24) is 0 Å². The summed E-state index contributed by atoms with van der Waals surface area (Å²) in [6, 6.07) is 7.58. The highest BCUT2D eigenvalue weighted by Gasteiger charge is 2.37. The van der Waals surface area contributed by atoms with Crippen molar-refractivity contribution in [2.75, 3.05) is 7.11 Å². The molecule has 1 heterocycles. The summed E-state index contributed by atoms with van der Waals surface area (Å²) in [5, 5.41) is 59.0. The average molecular weight is 474 g/mol. The van der Waals surface area contributed by atoms with Gasteiger partial charge in [-0.25, -0.2) is 9.18 Å². The molecule has 10 nitrogen and oxygen atoms in total. The first-order valence-corrected chi connectivity index (χ1v) is 9.84. The molecule has 0 bridgehead atoms. The summed E-state index contributed by atoms with van der Waals surface area (Å²) in [7, 11) is 1.26. The summed E-state index contributed by atoms with van der Waals surface area (Å²) in [6.07, 6.45) is -2.42. The number of benzene rings is 3. The average Bonchev–Trinajstić information content (AvgIpc) is 2.81. The minimum absolute atomic E-state index is 0.0928. The van der Waals surface area contributed by atoms with Gasteiger partial charge in [0.05, 0.1) is 7.11 Å². The number of rotatable bonds is 4. The Morgan fingerprint density at radius 1 is 0.971 bits per heavy atom. The van der Waals surface area contributed by atoms with Gasteiger partial charge in [0, 0.05) is 23.6 Å². The van der Waals surface area contributed by atoms with E-state index in [1.165, 1.54) is 25.3 Å². The summed E-state index contributed by atoms with van der Waals surface area (Å²) in [5.41, 5.74) is -0.347. The molecule has 0 aromatic heterocycles. The number of hydrogen-bond donors (Lipinski definition) is 6. The van der Waals surface area contributed by atoms with Gasteiger partial charge in [-0.1, -0.05) is 6.07 Å². The van der Waals surface area contributed by atoms with E-state index in [4.69, 9.17) is 14.2 Å². The third-order valence-corrected chi connectivity index (χ3v) is 5.40. The molecule has 1 aliphatic rings. The molecule has 0 amide bonds. The Labute approximate surface area is 191 Å². The first kappa shape index (κ1) is 22.6. The van der Waals surface area contributed by atoms with Gasteiger partial charge in [0.2, 0.25) is 11.5 Å². The Bertz CT molecular complexity index is 1290. The lowest BCUT2D eigenvalue weighted by Gasteiger charge is -2.34. The zero-order valence-corrected chi connectivity index (χ0v) is 17.5. The maximum Gasteiger partial charge on any atom is 0.341 e. The van der Waals surface area contributed by atoms with Crippen molar-refractivity contribution < 1.29 is 54.0 Å². The SMILES string of the molecule is COc1cc(C2Oc3cccc(O)c3C[C@H]2OC(=O)c2cc(O)c(O)c(O)c2F)cc(O)c1O. The van der Waals surface area contributed by atoms with Crippen LogP contribution in [0.3, 0.4) is 0 Å². The predicted octanol–water partition coefficient (Wildman–Crippen LogP) is 2.97. The molecule has 2 atom stereocenters. The van der Waals surface area contributed by atoms with Crippen LogP contribution in [0.4, 0.5) is 4.39 Å². The van der Waals surface area contributed by atoms with Crippen LogP contribution in [0, 0.1) is 5.82 Å². The summed E-state index contributed by atoms with van der Waals surface area (Å²) >= 11 is 0. The summed E-state index contributed by atoms with van der Waals surface area (Å²) in [4.78, 5) is 12.8. The molecule has 34 heavy (non-hydrogen) atoms. The highest BCUT2D eigenvalue weighted by molar-refractivity contribution is 5.91. The largest absolute Gasteiger partial charge is 0.508 e. The monoisotopic (exact) mass is 474 g/mol. The number of halogens is 1. The van der Waals surface area contributed by atoms with Gasteiger partial charge in [-0.15, -0.1) is 0 Å². The van der Waals surface area contributed by atoms with E-state index >= 15 is 0 Å². The molecule has 0 saturated carbocycles. The van der Waals surface area contributed by atoms with Gasteiger partial charge in [0.15, 0.2) is 34.9 Å². The van der Waals surface area contributed by atoms with Crippen LogP contribution in [0.15, 0.2) is 36.4 Å². The molecule has 3 aromatic carbocycles. The van der Waals surface area contributed by atoms with Crippen LogP contribution in [-0.4, -0.2) is 49.8 Å². The van der Waals surface area contributed by atoms with E-state index in [0.717, 1.165) is 6.07 Å². The molecule has 0 aliphatic carbocycles. The number of aromatic hydroxyl groups is 6. The van der Waals surface area contributed by atoms with Crippen molar-refractivity contribution in [3.05, 3.63) is 58.9 Å². The molecule has 11 heteroatoms. The molecule has 4 rings (SSSR count). The van der Waals surface area contributed by atoms with Gasteiger partial charge in [-0.2, -0.15) is 0 Å². The van der Waals surface area contributed by atoms with E-state index in [-0.39, 0.29) is 29.2 Å². The van der Waals surface area contributed by atoms with E-state index in [1.54, 1.807) is 6.07 Å². The minimum atomic E-state index is -1.51. The van der Waals surface area contributed by atoms with Crippen LogP contribution in [0.5, 0.6) is 46.0 Å². The van der Waals surface area contributed by atoms with Crippen molar-refractivity contribution in [3.8, 4) is 46.0 Å². The van der Waals surface area contributed by atoms with E-state index < -0.39 is 58.3 Å². The molecule has 6 N–H and O–H groups in total. The fraction of sp³-hybridized carbons (Fsp3) is 0.174. The van der Waals surface area contributed by atoms with Gasteiger partial charge < -0.3 is 44.8 Å². The van der Waals surface area contributed by atoms with Crippen LogP contribution in [0.1, 0.15) is 27.6 Å². The molecular weight excluding hydrogens is 455 g/mol. The zero-order valence-electron chi connectivity index (χ0n) is 17.5. The summed E-state index contributed by atoms with van der Waals surface area (Å²) < 4.78 is 30.8. The molecule has 0 saturated heterocycles. The normalized spacial score (nSPS) is 16.9. The van der Waals surface area contributed by atoms with E-state index in [9.17, 15) is 39.8 Å². The highest BCUT2D eigenvalue weighted by Crippen LogP contribution is 2.45. The lowest BCUT2D eigenvalue weighted by molar-refractivity contribution is -0.0192. The van der Waals surface area contributed by atoms with Crippen LogP contribution in [0.25, 0.3) is 0 Å². The lowest BCUT2D eigenvalue weighted by Crippen LogP contribution is -2.35. The van der Waals surface area contributed by atoms with Crippen molar-refractivity contribution in [3.63, 3.8) is 0 Å². The standard InChI is InChI=1S/C23H19FO10/c1-32-16-6-9(5-13(26)19(16)28)22-17(8-10-12(25)3-2-4-15(10)33-22)34-23(31)11-7-14(27)20(29)21(30)18(11)24/h2-7,17,22,25-30H,8H2,1H3/t17-,22?/m1/s1. The highest BCUT2D eigenvalue weighted by atomic mass is 19.1. The third kappa shape index (κ3) is 3.76. The fourth-order valence-electron chi connectivity index (χ4n) is 3.68. The minimum Gasteiger partial charge on any atom is -0.508 e. The molecule has 0 fully saturated rings. The number of carbonyl (C=O) groups is 1. The maximum atomic E-state index is 14.4. The topological polar surface area (TPSA) is 166 Å². The number of phenols is 6. The second-order valence-electron chi connectivity index (χ2n) is 7.49. The van der Waals surface area contributed by atoms with Gasteiger partial charge in [-0.05, 0) is 24.3 Å². The van der Waals surface area contributed by atoms with Gasteiger partial charge in [-0.3, -0.25) is 0 Å². The number of ether oxygens (including phenoxy) is 3. The second-order valence-corrected chi connectivity index (χ2v) is 7.49. The number of hydrogen-bond acceptors (Lipinski definition) is 10. The summed E-state index contributed by atoms with van der Waals surface area (Å²) in [6.45, 7) is 0. The molecule has 178 valence electrons. The van der Waals surface area contributed by atoms with Crippen molar-refractivity contribution >= 4 is 5.97 Å².